The van der Waals surface area contributed by atoms with E-state index >= 15 is 0 Å². The Kier molecular flexibility index (Phi) is 7.28. The predicted molar refractivity (Wildman–Crippen MR) is 124 cm³/mol. The Balaban J connectivity index is 2.26. The smallest absolute Gasteiger partial charge is 0.328 e. The molecule has 2 aromatic carbocycles. The summed E-state index contributed by atoms with van der Waals surface area (Å²) in [6.45, 7) is 4.03. The van der Waals surface area contributed by atoms with Crippen LogP contribution in [0.3, 0.4) is 0 Å². The first-order valence-electron chi connectivity index (χ1n) is 9.91. The molecule has 31 heavy (non-hydrogen) atoms. The highest BCUT2D eigenvalue weighted by atomic mass is 32.2. The lowest BCUT2D eigenvalue weighted by Gasteiger charge is -2.12. The van der Waals surface area contributed by atoms with Crippen LogP contribution in [0.5, 0.6) is 11.5 Å². The van der Waals surface area contributed by atoms with Crippen LogP contribution in [0.15, 0.2) is 45.8 Å². The van der Waals surface area contributed by atoms with E-state index in [1.54, 1.807) is 32.0 Å². The number of carbonyl (C=O) groups is 1. The molecule has 3 aromatic rings. The molecule has 0 fully saturated rings. The Morgan fingerprint density at radius 1 is 1.10 bits per heavy atom. The van der Waals surface area contributed by atoms with Crippen molar-refractivity contribution in [3.63, 3.8) is 0 Å². The van der Waals surface area contributed by atoms with Gasteiger partial charge in [0, 0.05) is 17.0 Å². The number of hydrogen-bond donors (Lipinski definition) is 1. The highest BCUT2D eigenvalue weighted by Crippen LogP contribution is 2.33. The normalized spacial score (nSPS) is 12.7. The van der Waals surface area contributed by atoms with Crippen molar-refractivity contribution in [2.24, 2.45) is 4.99 Å². The van der Waals surface area contributed by atoms with E-state index in [2.05, 4.69) is 4.99 Å². The SMILES string of the molecule is COc1ccc(-c2cc(=NC(CCSC)C(=O)O)c3cc(C)c(C)cc3o2)cc1OC. The Hall–Kier alpha value is -2.93. The summed E-state index contributed by atoms with van der Waals surface area (Å²) in [6, 6.07) is 10.5. The standard InChI is InChI=1S/C24H27NO5S/c1-14-10-17-19(25-18(24(26)27)8-9-31-5)13-21(30-22(17)11-15(14)2)16-6-7-20(28-3)23(12-16)29-4/h6-7,10-13,18H,8-9H2,1-5H3,(H,26,27). The highest BCUT2D eigenvalue weighted by Gasteiger charge is 2.17. The second-order valence-corrected chi connectivity index (χ2v) is 8.25. The number of aryl methyl sites for hydroxylation is 2. The van der Waals surface area contributed by atoms with E-state index in [4.69, 9.17) is 13.9 Å². The molecule has 1 heterocycles. The van der Waals surface area contributed by atoms with E-state index in [9.17, 15) is 9.90 Å². The topological polar surface area (TPSA) is 81.3 Å². The van der Waals surface area contributed by atoms with Gasteiger partial charge in [0.15, 0.2) is 11.5 Å². The van der Waals surface area contributed by atoms with Crippen LogP contribution in [-0.2, 0) is 4.79 Å². The lowest BCUT2D eigenvalue weighted by atomic mass is 10.0. The number of nitrogens with zero attached hydrogens (tertiary/aromatic N) is 1. The zero-order valence-corrected chi connectivity index (χ0v) is 19.2. The maximum absolute atomic E-state index is 11.8. The largest absolute Gasteiger partial charge is 0.493 e. The predicted octanol–water partition coefficient (Wildman–Crippen LogP) is 4.84. The number of carboxylic acid groups (broad SMARTS) is 1. The zero-order valence-electron chi connectivity index (χ0n) is 18.4. The van der Waals surface area contributed by atoms with E-state index in [1.165, 1.54) is 0 Å². The quantitative estimate of drug-likeness (QED) is 0.539. The minimum atomic E-state index is -0.931. The molecular weight excluding hydrogens is 414 g/mol. The number of methoxy groups -OCH3 is 2. The van der Waals surface area contributed by atoms with E-state index < -0.39 is 12.0 Å². The van der Waals surface area contributed by atoms with Gasteiger partial charge in [-0.15, -0.1) is 0 Å². The molecule has 0 saturated carbocycles. The summed E-state index contributed by atoms with van der Waals surface area (Å²) in [4.78, 5) is 16.4. The van der Waals surface area contributed by atoms with Gasteiger partial charge in [-0.1, -0.05) is 0 Å². The molecule has 0 spiro atoms. The molecule has 164 valence electrons. The average Bonchev–Trinajstić information content (AvgIpc) is 2.76. The second-order valence-electron chi connectivity index (χ2n) is 7.26. The number of fused-ring (bicyclic) bond motifs is 1. The Labute approximate surface area is 185 Å². The average molecular weight is 442 g/mol. The van der Waals surface area contributed by atoms with Crippen LogP contribution in [0.25, 0.3) is 22.3 Å². The molecule has 0 radical (unpaired) electrons. The molecular formula is C24H27NO5S. The lowest BCUT2D eigenvalue weighted by molar-refractivity contribution is -0.138. The number of rotatable bonds is 8. The first-order chi connectivity index (χ1) is 14.9. The molecule has 1 aromatic heterocycles. The molecule has 1 atom stereocenters. The first-order valence-corrected chi connectivity index (χ1v) is 11.3. The van der Waals surface area contributed by atoms with Crippen LogP contribution < -0.4 is 14.8 Å². The van der Waals surface area contributed by atoms with Crippen molar-refractivity contribution in [2.75, 3.05) is 26.2 Å². The van der Waals surface area contributed by atoms with Crippen molar-refractivity contribution in [1.29, 1.82) is 0 Å². The summed E-state index contributed by atoms with van der Waals surface area (Å²) >= 11 is 1.61. The van der Waals surface area contributed by atoms with Gasteiger partial charge in [-0.2, -0.15) is 11.8 Å². The highest BCUT2D eigenvalue weighted by molar-refractivity contribution is 7.98. The minimum Gasteiger partial charge on any atom is -0.493 e. The van der Waals surface area contributed by atoms with Gasteiger partial charge in [0.05, 0.1) is 19.6 Å². The number of benzene rings is 2. The Morgan fingerprint density at radius 3 is 2.45 bits per heavy atom. The maximum Gasteiger partial charge on any atom is 0.328 e. The molecule has 0 saturated heterocycles. The summed E-state index contributed by atoms with van der Waals surface area (Å²) in [5.41, 5.74) is 3.62. The molecule has 1 unspecified atom stereocenters. The van der Waals surface area contributed by atoms with E-state index in [1.807, 2.05) is 50.4 Å². The molecule has 1 N–H and O–H groups in total. The Bertz CT molecular complexity index is 1170. The van der Waals surface area contributed by atoms with Gasteiger partial charge < -0.3 is 19.0 Å². The van der Waals surface area contributed by atoms with Gasteiger partial charge in [-0.05, 0) is 73.7 Å². The van der Waals surface area contributed by atoms with E-state index in [-0.39, 0.29) is 0 Å². The van der Waals surface area contributed by atoms with Crippen LogP contribution >= 0.6 is 11.8 Å². The van der Waals surface area contributed by atoms with Gasteiger partial charge in [0.25, 0.3) is 0 Å². The van der Waals surface area contributed by atoms with Gasteiger partial charge in [0.2, 0.25) is 0 Å². The Morgan fingerprint density at radius 2 is 1.81 bits per heavy atom. The summed E-state index contributed by atoms with van der Waals surface area (Å²) < 4.78 is 17.0. The fraction of sp³-hybridized carbons (Fsp3) is 0.333. The summed E-state index contributed by atoms with van der Waals surface area (Å²) in [5.74, 6) is 1.56. The molecule has 6 nitrogen and oxygen atoms in total. The summed E-state index contributed by atoms with van der Waals surface area (Å²) in [6.07, 6.45) is 2.41. The van der Waals surface area contributed by atoms with E-state index in [0.29, 0.717) is 34.6 Å². The minimum absolute atomic E-state index is 0.459. The van der Waals surface area contributed by atoms with Crippen molar-refractivity contribution >= 4 is 28.7 Å². The molecule has 0 bridgehead atoms. The second kappa shape index (κ2) is 9.92. The fourth-order valence-corrected chi connectivity index (χ4v) is 3.76. The van der Waals surface area contributed by atoms with Gasteiger partial charge in [0.1, 0.15) is 17.4 Å². The monoisotopic (exact) mass is 441 g/mol. The van der Waals surface area contributed by atoms with Crippen LogP contribution in [0.4, 0.5) is 0 Å². The summed E-state index contributed by atoms with van der Waals surface area (Å²) in [5, 5.41) is 11.1. The number of thioether (sulfide) groups is 1. The van der Waals surface area contributed by atoms with Crippen LogP contribution in [0.2, 0.25) is 0 Å². The van der Waals surface area contributed by atoms with Crippen molar-refractivity contribution in [3.05, 3.63) is 52.9 Å². The lowest BCUT2D eigenvalue weighted by Crippen LogP contribution is -2.22. The van der Waals surface area contributed by atoms with Gasteiger partial charge in [-0.3, -0.25) is 4.99 Å². The molecule has 0 aliphatic rings. The number of ether oxygens (including phenoxy) is 2. The van der Waals surface area contributed by atoms with Crippen molar-refractivity contribution in [2.45, 2.75) is 26.3 Å². The van der Waals surface area contributed by atoms with E-state index in [0.717, 1.165) is 27.8 Å². The summed E-state index contributed by atoms with van der Waals surface area (Å²) in [7, 11) is 3.16. The third-order valence-electron chi connectivity index (χ3n) is 5.20. The molecule has 0 amide bonds. The van der Waals surface area contributed by atoms with Crippen molar-refractivity contribution in [1.82, 2.24) is 0 Å². The number of carboxylic acids is 1. The first kappa shape index (κ1) is 22.7. The molecule has 0 aliphatic carbocycles. The van der Waals surface area contributed by atoms with Crippen LogP contribution in [0.1, 0.15) is 17.5 Å². The van der Waals surface area contributed by atoms with Gasteiger partial charge in [-0.25, -0.2) is 4.79 Å². The third kappa shape index (κ3) is 5.05. The maximum atomic E-state index is 11.8. The van der Waals surface area contributed by atoms with Crippen molar-refractivity contribution in [3.8, 4) is 22.8 Å². The molecule has 0 aliphatic heterocycles. The zero-order chi connectivity index (χ0) is 22.5. The van der Waals surface area contributed by atoms with Crippen molar-refractivity contribution < 1.29 is 23.8 Å². The third-order valence-corrected chi connectivity index (χ3v) is 5.85. The van der Waals surface area contributed by atoms with Crippen LogP contribution in [-0.4, -0.2) is 43.3 Å². The fourth-order valence-electron chi connectivity index (χ4n) is 3.30. The van der Waals surface area contributed by atoms with Gasteiger partial charge >= 0.3 is 5.97 Å². The number of hydrogen-bond acceptors (Lipinski definition) is 6. The van der Waals surface area contributed by atoms with Crippen LogP contribution in [0, 0.1) is 13.8 Å². The molecule has 3 rings (SSSR count). The number of aliphatic carboxylic acids is 1. The molecule has 7 heteroatoms.